The lowest BCUT2D eigenvalue weighted by atomic mass is 10.2. The highest BCUT2D eigenvalue weighted by molar-refractivity contribution is 9.10. The summed E-state index contributed by atoms with van der Waals surface area (Å²) in [5.74, 6) is 0.877. The second kappa shape index (κ2) is 7.66. The Hall–Kier alpha value is -1.26. The van der Waals surface area contributed by atoms with E-state index < -0.39 is 0 Å². The van der Waals surface area contributed by atoms with Crippen molar-refractivity contribution in [3.8, 4) is 0 Å². The molecule has 0 spiro atoms. The second-order valence-electron chi connectivity index (χ2n) is 4.88. The van der Waals surface area contributed by atoms with Gasteiger partial charge in [-0.2, -0.15) is 0 Å². The SMILES string of the molecule is Cc1ccccc1NC(=O)[C@@H](C)SCc1ccc(Br)cc1. The number of benzene rings is 2. The van der Waals surface area contributed by atoms with Crippen LogP contribution in [0, 0.1) is 6.92 Å². The van der Waals surface area contributed by atoms with Gasteiger partial charge < -0.3 is 5.32 Å². The summed E-state index contributed by atoms with van der Waals surface area (Å²) in [6, 6.07) is 16.0. The fourth-order valence-electron chi connectivity index (χ4n) is 1.83. The zero-order chi connectivity index (χ0) is 15.2. The lowest BCUT2D eigenvalue weighted by Crippen LogP contribution is -2.23. The highest BCUT2D eigenvalue weighted by Gasteiger charge is 2.14. The average molecular weight is 364 g/mol. The number of halogens is 1. The van der Waals surface area contributed by atoms with Gasteiger partial charge in [0, 0.05) is 15.9 Å². The Morgan fingerprint density at radius 1 is 1.19 bits per heavy atom. The summed E-state index contributed by atoms with van der Waals surface area (Å²) in [6.07, 6.45) is 0. The van der Waals surface area contributed by atoms with Crippen LogP contribution in [0.3, 0.4) is 0 Å². The summed E-state index contributed by atoms with van der Waals surface area (Å²) in [5, 5.41) is 2.90. The van der Waals surface area contributed by atoms with Crippen LogP contribution < -0.4 is 5.32 Å². The summed E-state index contributed by atoms with van der Waals surface area (Å²) in [6.45, 7) is 3.94. The Balaban J connectivity index is 1.88. The van der Waals surface area contributed by atoms with E-state index in [-0.39, 0.29) is 11.2 Å². The monoisotopic (exact) mass is 363 g/mol. The largest absolute Gasteiger partial charge is 0.325 e. The van der Waals surface area contributed by atoms with Crippen molar-refractivity contribution in [2.45, 2.75) is 24.9 Å². The molecule has 0 heterocycles. The summed E-state index contributed by atoms with van der Waals surface area (Å²) < 4.78 is 1.07. The molecule has 0 fully saturated rings. The lowest BCUT2D eigenvalue weighted by Gasteiger charge is -2.13. The standard InChI is InChI=1S/C17H18BrNOS/c1-12-5-3-4-6-16(12)19-17(20)13(2)21-11-14-7-9-15(18)10-8-14/h3-10,13H,11H2,1-2H3,(H,19,20)/t13-/m1/s1. The van der Waals surface area contributed by atoms with Gasteiger partial charge in [0.1, 0.15) is 0 Å². The number of anilines is 1. The molecular weight excluding hydrogens is 346 g/mol. The number of carbonyl (C=O) groups is 1. The first kappa shape index (κ1) is 16.1. The summed E-state index contributed by atoms with van der Waals surface area (Å²) in [7, 11) is 0. The highest BCUT2D eigenvalue weighted by atomic mass is 79.9. The number of hydrogen-bond acceptors (Lipinski definition) is 2. The van der Waals surface area contributed by atoms with Crippen molar-refractivity contribution in [3.05, 3.63) is 64.1 Å². The third-order valence-electron chi connectivity index (χ3n) is 3.19. The van der Waals surface area contributed by atoms with Crippen LogP contribution in [0.5, 0.6) is 0 Å². The van der Waals surface area contributed by atoms with Gasteiger partial charge in [-0.1, -0.05) is 46.3 Å². The first-order valence-corrected chi connectivity index (χ1v) is 8.63. The molecule has 2 rings (SSSR count). The van der Waals surface area contributed by atoms with Gasteiger partial charge in [-0.05, 0) is 43.2 Å². The molecule has 0 saturated heterocycles. The zero-order valence-electron chi connectivity index (χ0n) is 12.1. The van der Waals surface area contributed by atoms with Crippen molar-refractivity contribution in [2.24, 2.45) is 0 Å². The van der Waals surface area contributed by atoms with Crippen molar-refractivity contribution < 1.29 is 4.79 Å². The van der Waals surface area contributed by atoms with Gasteiger partial charge in [-0.3, -0.25) is 4.79 Å². The summed E-state index contributed by atoms with van der Waals surface area (Å²) in [5.41, 5.74) is 3.19. The van der Waals surface area contributed by atoms with Gasteiger partial charge in [0.05, 0.1) is 5.25 Å². The Labute approximate surface area is 138 Å². The normalized spacial score (nSPS) is 12.0. The number of carbonyl (C=O) groups excluding carboxylic acids is 1. The maximum atomic E-state index is 12.2. The van der Waals surface area contributed by atoms with Gasteiger partial charge in [0.15, 0.2) is 0 Å². The molecular formula is C17H18BrNOS. The quantitative estimate of drug-likeness (QED) is 0.807. The van der Waals surface area contributed by atoms with Crippen LogP contribution in [0.25, 0.3) is 0 Å². The topological polar surface area (TPSA) is 29.1 Å². The Kier molecular flexibility index (Phi) is 5.88. The van der Waals surface area contributed by atoms with E-state index in [0.29, 0.717) is 0 Å². The average Bonchev–Trinajstić information content (AvgIpc) is 2.48. The van der Waals surface area contributed by atoms with E-state index in [9.17, 15) is 4.79 Å². The molecule has 2 nitrogen and oxygen atoms in total. The summed E-state index contributed by atoms with van der Waals surface area (Å²) in [4.78, 5) is 12.2. The van der Waals surface area contributed by atoms with Crippen LogP contribution in [0.1, 0.15) is 18.1 Å². The van der Waals surface area contributed by atoms with E-state index in [1.54, 1.807) is 11.8 Å². The van der Waals surface area contributed by atoms with Crippen LogP contribution in [-0.4, -0.2) is 11.2 Å². The van der Waals surface area contributed by atoms with Crippen LogP contribution in [-0.2, 0) is 10.5 Å². The van der Waals surface area contributed by atoms with Gasteiger partial charge in [-0.25, -0.2) is 0 Å². The number of hydrogen-bond donors (Lipinski definition) is 1. The van der Waals surface area contributed by atoms with Crippen LogP contribution in [0.2, 0.25) is 0 Å². The first-order chi connectivity index (χ1) is 10.1. The van der Waals surface area contributed by atoms with Crippen molar-refractivity contribution >= 4 is 39.3 Å². The van der Waals surface area contributed by atoms with E-state index in [2.05, 4.69) is 33.4 Å². The molecule has 0 aliphatic carbocycles. The van der Waals surface area contributed by atoms with Crippen molar-refractivity contribution in [3.63, 3.8) is 0 Å². The third-order valence-corrected chi connectivity index (χ3v) is 4.93. The predicted molar refractivity (Wildman–Crippen MR) is 94.7 cm³/mol. The fraction of sp³-hybridized carbons (Fsp3) is 0.235. The number of rotatable bonds is 5. The van der Waals surface area contributed by atoms with E-state index in [1.165, 1.54) is 5.56 Å². The van der Waals surface area contributed by atoms with E-state index >= 15 is 0 Å². The Morgan fingerprint density at radius 2 is 1.86 bits per heavy atom. The van der Waals surface area contributed by atoms with Crippen LogP contribution in [0.15, 0.2) is 53.0 Å². The number of nitrogens with one attached hydrogen (secondary N) is 1. The summed E-state index contributed by atoms with van der Waals surface area (Å²) >= 11 is 5.06. The Morgan fingerprint density at radius 3 is 2.52 bits per heavy atom. The predicted octanol–water partition coefficient (Wildman–Crippen LogP) is 5.02. The van der Waals surface area contributed by atoms with Gasteiger partial charge in [-0.15, -0.1) is 11.8 Å². The molecule has 1 amide bonds. The molecule has 0 aliphatic rings. The minimum atomic E-state index is -0.0896. The highest BCUT2D eigenvalue weighted by Crippen LogP contribution is 2.21. The fourth-order valence-corrected chi connectivity index (χ4v) is 2.93. The van der Waals surface area contributed by atoms with Crippen LogP contribution in [0.4, 0.5) is 5.69 Å². The van der Waals surface area contributed by atoms with Gasteiger partial charge in [0.25, 0.3) is 0 Å². The molecule has 110 valence electrons. The molecule has 1 atom stereocenters. The number of thioether (sulfide) groups is 1. The zero-order valence-corrected chi connectivity index (χ0v) is 14.5. The molecule has 0 unspecified atom stereocenters. The number of amides is 1. The van der Waals surface area contributed by atoms with E-state index in [1.807, 2.05) is 50.2 Å². The molecule has 0 aliphatic heterocycles. The molecule has 4 heteroatoms. The molecule has 0 radical (unpaired) electrons. The van der Waals surface area contributed by atoms with Crippen molar-refractivity contribution in [1.82, 2.24) is 0 Å². The minimum Gasteiger partial charge on any atom is -0.325 e. The minimum absolute atomic E-state index is 0.0476. The number of para-hydroxylation sites is 1. The van der Waals surface area contributed by atoms with Crippen LogP contribution >= 0.6 is 27.7 Å². The maximum absolute atomic E-state index is 12.2. The van der Waals surface area contributed by atoms with E-state index in [4.69, 9.17) is 0 Å². The molecule has 0 aromatic heterocycles. The Bertz CT molecular complexity index is 612. The molecule has 0 saturated carbocycles. The van der Waals surface area contributed by atoms with Gasteiger partial charge in [0.2, 0.25) is 5.91 Å². The van der Waals surface area contributed by atoms with Gasteiger partial charge >= 0.3 is 0 Å². The molecule has 21 heavy (non-hydrogen) atoms. The van der Waals surface area contributed by atoms with E-state index in [0.717, 1.165) is 21.5 Å². The first-order valence-electron chi connectivity index (χ1n) is 6.79. The third kappa shape index (κ3) is 4.90. The molecule has 2 aromatic rings. The second-order valence-corrected chi connectivity index (χ2v) is 7.13. The van der Waals surface area contributed by atoms with Crippen molar-refractivity contribution in [2.75, 3.05) is 5.32 Å². The molecule has 2 aromatic carbocycles. The van der Waals surface area contributed by atoms with Crippen molar-refractivity contribution in [1.29, 1.82) is 0 Å². The molecule has 1 N–H and O–H groups in total. The smallest absolute Gasteiger partial charge is 0.237 e. The lowest BCUT2D eigenvalue weighted by molar-refractivity contribution is -0.115. The number of aryl methyl sites for hydroxylation is 1. The molecule has 0 bridgehead atoms. The maximum Gasteiger partial charge on any atom is 0.237 e.